The number of piperidine rings is 1. The first-order chi connectivity index (χ1) is 14.9. The van der Waals surface area contributed by atoms with Gasteiger partial charge in [0.2, 0.25) is 0 Å². The third-order valence-electron chi connectivity index (χ3n) is 6.55. The van der Waals surface area contributed by atoms with Crippen LogP contribution in [0.5, 0.6) is 11.5 Å². The normalized spacial score (nSPS) is 18.0. The van der Waals surface area contributed by atoms with Crippen LogP contribution in [0.4, 0.5) is 0 Å². The number of rotatable bonds is 5. The molecular formula is C23H32N4O4. The van der Waals surface area contributed by atoms with Gasteiger partial charge in [-0.3, -0.25) is 14.4 Å². The van der Waals surface area contributed by atoms with Crippen LogP contribution in [-0.4, -0.2) is 72.5 Å². The number of likely N-dealkylation sites (tertiary alicyclic amines) is 1. The zero-order valence-corrected chi connectivity index (χ0v) is 19.1. The molecule has 0 N–H and O–H groups in total. The van der Waals surface area contributed by atoms with Gasteiger partial charge in [-0.05, 0) is 18.9 Å². The Morgan fingerprint density at radius 1 is 1.23 bits per heavy atom. The van der Waals surface area contributed by atoms with Gasteiger partial charge in [-0.2, -0.15) is 5.10 Å². The van der Waals surface area contributed by atoms with E-state index >= 15 is 0 Å². The molecule has 0 atom stereocenters. The quantitative estimate of drug-likeness (QED) is 0.728. The van der Waals surface area contributed by atoms with Crippen LogP contribution in [0.25, 0.3) is 0 Å². The fourth-order valence-electron chi connectivity index (χ4n) is 4.60. The van der Waals surface area contributed by atoms with Crippen LogP contribution in [0.1, 0.15) is 40.2 Å². The number of carbonyl (C=O) groups excluding carboxylic acids is 1. The Labute approximate surface area is 183 Å². The number of fused-ring (bicyclic) bond motifs is 1. The molecule has 2 aliphatic rings. The highest BCUT2D eigenvalue weighted by atomic mass is 16.5. The Bertz CT molecular complexity index is 961. The van der Waals surface area contributed by atoms with Crippen molar-refractivity contribution in [3.63, 3.8) is 0 Å². The zero-order valence-electron chi connectivity index (χ0n) is 19.1. The van der Waals surface area contributed by atoms with Crippen molar-refractivity contribution < 1.29 is 19.0 Å². The highest BCUT2D eigenvalue weighted by Crippen LogP contribution is 2.38. The molecule has 0 unspecified atom stereocenters. The van der Waals surface area contributed by atoms with Crippen LogP contribution in [0.15, 0.2) is 18.2 Å². The number of nitrogens with zero attached hydrogens (tertiary/aromatic N) is 4. The van der Waals surface area contributed by atoms with Crippen LogP contribution in [0.2, 0.25) is 0 Å². The van der Waals surface area contributed by atoms with E-state index in [1.54, 1.807) is 33.2 Å². The monoisotopic (exact) mass is 428 g/mol. The average molecular weight is 429 g/mol. The van der Waals surface area contributed by atoms with E-state index in [-0.39, 0.29) is 11.5 Å². The summed E-state index contributed by atoms with van der Waals surface area (Å²) in [7, 11) is 8.79. The lowest BCUT2D eigenvalue weighted by atomic mass is 9.83. The van der Waals surface area contributed by atoms with Crippen molar-refractivity contribution in [3.8, 4) is 11.5 Å². The van der Waals surface area contributed by atoms with Gasteiger partial charge < -0.3 is 19.1 Å². The van der Waals surface area contributed by atoms with Gasteiger partial charge in [0.15, 0.2) is 5.69 Å². The molecule has 4 rings (SSSR count). The Balaban J connectivity index is 1.43. The number of benzene rings is 1. The zero-order chi connectivity index (χ0) is 22.2. The maximum atomic E-state index is 12.5. The van der Waals surface area contributed by atoms with Crippen LogP contribution in [-0.2, 0) is 31.4 Å². The lowest BCUT2D eigenvalue weighted by molar-refractivity contribution is -0.104. The van der Waals surface area contributed by atoms with Gasteiger partial charge in [0.25, 0.3) is 5.91 Å². The van der Waals surface area contributed by atoms with Gasteiger partial charge in [0.05, 0.1) is 26.4 Å². The van der Waals surface area contributed by atoms with E-state index in [1.165, 1.54) is 0 Å². The molecule has 0 saturated carbocycles. The summed E-state index contributed by atoms with van der Waals surface area (Å²) in [5, 5.41) is 4.51. The van der Waals surface area contributed by atoms with E-state index in [4.69, 9.17) is 14.2 Å². The van der Waals surface area contributed by atoms with Crippen molar-refractivity contribution in [2.75, 3.05) is 41.4 Å². The summed E-state index contributed by atoms with van der Waals surface area (Å²) in [6.45, 7) is 3.18. The number of hydrogen-bond donors (Lipinski definition) is 0. The molecular weight excluding hydrogens is 396 g/mol. The van der Waals surface area contributed by atoms with Crippen molar-refractivity contribution >= 4 is 5.91 Å². The van der Waals surface area contributed by atoms with E-state index < -0.39 is 0 Å². The predicted molar refractivity (Wildman–Crippen MR) is 117 cm³/mol. The molecule has 168 valence electrons. The SMILES string of the molecule is COc1ccc(CN2CCC3(CC2)Cc2c(c(C(=O)N(C)C)nn2C)CO3)c(OC)c1. The molecule has 1 aromatic heterocycles. The lowest BCUT2D eigenvalue weighted by Crippen LogP contribution is -2.49. The van der Waals surface area contributed by atoms with Gasteiger partial charge in [-0.1, -0.05) is 6.07 Å². The van der Waals surface area contributed by atoms with Gasteiger partial charge in [-0.25, -0.2) is 0 Å². The van der Waals surface area contributed by atoms with E-state index in [0.29, 0.717) is 12.3 Å². The number of aromatic nitrogens is 2. The van der Waals surface area contributed by atoms with E-state index in [1.807, 2.05) is 23.9 Å². The fraction of sp³-hybridized carbons (Fsp3) is 0.565. The molecule has 8 heteroatoms. The largest absolute Gasteiger partial charge is 0.497 e. The first kappa shape index (κ1) is 21.6. The van der Waals surface area contributed by atoms with Crippen LogP contribution in [0.3, 0.4) is 0 Å². The standard InChI is InChI=1S/C23H32N4O4/c1-25(2)22(28)21-18-15-31-23(13-19(18)26(3)24-21)8-10-27(11-9-23)14-16-6-7-17(29-4)12-20(16)30-5/h6-7,12H,8-11,13-15H2,1-5H3. The predicted octanol–water partition coefficient (Wildman–Crippen LogP) is 2.25. The average Bonchev–Trinajstić information content (AvgIpc) is 3.10. The molecule has 1 spiro atoms. The Hall–Kier alpha value is -2.58. The maximum absolute atomic E-state index is 12.5. The molecule has 31 heavy (non-hydrogen) atoms. The minimum atomic E-state index is -0.181. The smallest absolute Gasteiger partial charge is 0.274 e. The summed E-state index contributed by atoms with van der Waals surface area (Å²) >= 11 is 0. The third kappa shape index (κ3) is 4.14. The summed E-state index contributed by atoms with van der Waals surface area (Å²) in [5.74, 6) is 1.58. The van der Waals surface area contributed by atoms with E-state index in [9.17, 15) is 4.79 Å². The second kappa shape index (κ2) is 8.51. The van der Waals surface area contributed by atoms with Crippen LogP contribution >= 0.6 is 0 Å². The topological polar surface area (TPSA) is 69.1 Å². The molecule has 2 aromatic rings. The number of amides is 1. The first-order valence-corrected chi connectivity index (χ1v) is 10.7. The summed E-state index contributed by atoms with van der Waals surface area (Å²) < 4.78 is 19.1. The van der Waals surface area contributed by atoms with Gasteiger partial charge in [0.1, 0.15) is 11.5 Å². The second-order valence-electron chi connectivity index (χ2n) is 8.70. The Morgan fingerprint density at radius 2 is 1.97 bits per heavy atom. The molecule has 1 amide bonds. The summed E-state index contributed by atoms with van der Waals surface area (Å²) in [4.78, 5) is 16.5. The molecule has 1 aromatic carbocycles. The molecule has 2 aliphatic heterocycles. The van der Waals surface area contributed by atoms with Crippen molar-refractivity contribution in [2.24, 2.45) is 7.05 Å². The fourth-order valence-corrected chi connectivity index (χ4v) is 4.60. The molecule has 0 radical (unpaired) electrons. The van der Waals surface area contributed by atoms with Crippen LogP contribution in [0, 0.1) is 0 Å². The lowest BCUT2D eigenvalue weighted by Gasteiger charge is -2.44. The maximum Gasteiger partial charge on any atom is 0.274 e. The Kier molecular flexibility index (Phi) is 5.94. The third-order valence-corrected chi connectivity index (χ3v) is 6.55. The first-order valence-electron chi connectivity index (χ1n) is 10.7. The highest BCUT2D eigenvalue weighted by molar-refractivity contribution is 5.93. The summed E-state index contributed by atoms with van der Waals surface area (Å²) in [6.07, 6.45) is 2.70. The molecule has 0 aliphatic carbocycles. The van der Waals surface area contributed by atoms with Gasteiger partial charge in [0, 0.05) is 70.1 Å². The van der Waals surface area contributed by atoms with E-state index in [0.717, 1.165) is 67.2 Å². The van der Waals surface area contributed by atoms with Crippen molar-refractivity contribution in [1.82, 2.24) is 19.6 Å². The number of carbonyl (C=O) groups is 1. The molecule has 8 nitrogen and oxygen atoms in total. The molecule has 1 fully saturated rings. The van der Waals surface area contributed by atoms with Gasteiger partial charge >= 0.3 is 0 Å². The minimum absolute atomic E-state index is 0.0698. The highest BCUT2D eigenvalue weighted by Gasteiger charge is 2.42. The number of aryl methyl sites for hydroxylation is 1. The minimum Gasteiger partial charge on any atom is -0.497 e. The molecule has 0 bridgehead atoms. The van der Waals surface area contributed by atoms with Crippen molar-refractivity contribution in [2.45, 2.75) is 38.0 Å². The van der Waals surface area contributed by atoms with Crippen molar-refractivity contribution in [1.29, 1.82) is 0 Å². The van der Waals surface area contributed by atoms with Crippen molar-refractivity contribution in [3.05, 3.63) is 40.7 Å². The van der Waals surface area contributed by atoms with Gasteiger partial charge in [-0.15, -0.1) is 0 Å². The van der Waals surface area contributed by atoms with E-state index in [2.05, 4.69) is 16.1 Å². The van der Waals surface area contributed by atoms with Crippen LogP contribution < -0.4 is 9.47 Å². The second-order valence-corrected chi connectivity index (χ2v) is 8.70. The molecule has 1 saturated heterocycles. The number of hydrogen-bond acceptors (Lipinski definition) is 6. The molecule has 3 heterocycles. The summed E-state index contributed by atoms with van der Waals surface area (Å²) in [5.41, 5.74) is 3.56. The summed E-state index contributed by atoms with van der Waals surface area (Å²) in [6, 6.07) is 5.98. The number of methoxy groups -OCH3 is 2. The Morgan fingerprint density at radius 3 is 2.61 bits per heavy atom. The number of ether oxygens (including phenoxy) is 3.